The summed E-state index contributed by atoms with van der Waals surface area (Å²) in [6.45, 7) is 6.56. The normalized spacial score (nSPS) is 15.6. The van der Waals surface area contributed by atoms with Gasteiger partial charge in [0, 0.05) is 11.3 Å². The fourth-order valence-electron chi connectivity index (χ4n) is 2.58. The minimum atomic E-state index is 0.0816. The van der Waals surface area contributed by atoms with Crippen LogP contribution in [0.4, 0.5) is 5.82 Å². The van der Waals surface area contributed by atoms with E-state index in [1.54, 1.807) is 0 Å². The van der Waals surface area contributed by atoms with Gasteiger partial charge in [-0.05, 0) is 51.9 Å². The van der Waals surface area contributed by atoms with E-state index in [1.807, 2.05) is 6.07 Å². The van der Waals surface area contributed by atoms with Crippen molar-refractivity contribution in [1.82, 2.24) is 4.98 Å². The number of carbonyl (C=O) groups excluding carboxylic acids is 1. The number of nitrogens with one attached hydrogen (secondary N) is 1. The number of rotatable bonds is 2. The lowest BCUT2D eigenvalue weighted by atomic mass is 9.85. The lowest BCUT2D eigenvalue weighted by Gasteiger charge is -2.24. The summed E-state index contributed by atoms with van der Waals surface area (Å²) in [5, 5.41) is 4.04. The molecular formula is C18H21BrN2O. The highest BCUT2D eigenvalue weighted by Gasteiger charge is 2.26. The van der Waals surface area contributed by atoms with Crippen molar-refractivity contribution in [2.75, 3.05) is 5.32 Å². The number of anilines is 1. The van der Waals surface area contributed by atoms with Crippen molar-refractivity contribution in [2.24, 2.45) is 5.92 Å². The summed E-state index contributed by atoms with van der Waals surface area (Å²) in [7, 11) is 0. The van der Waals surface area contributed by atoms with Crippen LogP contribution in [0.15, 0.2) is 28.7 Å². The van der Waals surface area contributed by atoms with E-state index in [0.29, 0.717) is 5.82 Å². The molecule has 3 nitrogen and oxygen atoms in total. The molecule has 1 heterocycles. The fourth-order valence-corrected chi connectivity index (χ4v) is 3.02. The molecule has 0 radical (unpaired) electrons. The Morgan fingerprint density at radius 3 is 2.59 bits per heavy atom. The number of hydrogen-bond donors (Lipinski definition) is 1. The van der Waals surface area contributed by atoms with Gasteiger partial charge >= 0.3 is 0 Å². The molecule has 1 N–H and O–H groups in total. The Kier molecular flexibility index (Phi) is 3.98. The second-order valence-electron chi connectivity index (χ2n) is 7.09. The Bertz CT molecular complexity index is 730. The first-order chi connectivity index (χ1) is 10.3. The second kappa shape index (κ2) is 5.65. The number of aromatic nitrogens is 1. The second-order valence-corrected chi connectivity index (χ2v) is 7.95. The van der Waals surface area contributed by atoms with Gasteiger partial charge in [-0.1, -0.05) is 39.3 Å². The number of carbonyl (C=O) groups is 1. The summed E-state index contributed by atoms with van der Waals surface area (Å²) in [5.41, 5.74) is 2.24. The van der Waals surface area contributed by atoms with Gasteiger partial charge in [-0.15, -0.1) is 0 Å². The van der Waals surface area contributed by atoms with E-state index in [4.69, 9.17) is 0 Å². The molecule has 1 aromatic heterocycles. The van der Waals surface area contributed by atoms with Crippen molar-refractivity contribution in [3.8, 4) is 0 Å². The van der Waals surface area contributed by atoms with E-state index in [-0.39, 0.29) is 17.2 Å². The van der Waals surface area contributed by atoms with Crippen LogP contribution in [0, 0.1) is 5.92 Å². The summed E-state index contributed by atoms with van der Waals surface area (Å²) in [6.07, 6.45) is 3.13. The standard InChI is InChI=1S/C18H21BrN2O/c1-18(2,3)13-8-7-12-9-14(19)16(20-15(12)10-13)21-17(22)11-5-4-6-11/h7-11H,4-6H2,1-3H3,(H,20,21,22). The molecule has 0 spiro atoms. The van der Waals surface area contributed by atoms with E-state index < -0.39 is 0 Å². The van der Waals surface area contributed by atoms with E-state index in [0.717, 1.165) is 34.6 Å². The summed E-state index contributed by atoms with van der Waals surface area (Å²) in [5.74, 6) is 0.867. The van der Waals surface area contributed by atoms with Crippen molar-refractivity contribution >= 4 is 38.6 Å². The predicted octanol–water partition coefficient (Wildman–Crippen LogP) is 5.03. The molecule has 0 saturated heterocycles. The summed E-state index contributed by atoms with van der Waals surface area (Å²) < 4.78 is 0.830. The van der Waals surface area contributed by atoms with E-state index >= 15 is 0 Å². The molecule has 1 aliphatic rings. The average molecular weight is 361 g/mol. The Hall–Kier alpha value is -1.42. The van der Waals surface area contributed by atoms with Crippen LogP contribution in [-0.4, -0.2) is 10.9 Å². The van der Waals surface area contributed by atoms with Gasteiger partial charge in [0.1, 0.15) is 5.82 Å². The number of nitrogens with zero attached hydrogens (tertiary/aromatic N) is 1. The highest BCUT2D eigenvalue weighted by atomic mass is 79.9. The van der Waals surface area contributed by atoms with Crippen LogP contribution < -0.4 is 5.32 Å². The third-order valence-corrected chi connectivity index (χ3v) is 4.96. The Morgan fingerprint density at radius 2 is 2.00 bits per heavy atom. The fraction of sp³-hybridized carbons (Fsp3) is 0.444. The molecule has 0 unspecified atom stereocenters. The predicted molar refractivity (Wildman–Crippen MR) is 94.1 cm³/mol. The third-order valence-electron chi connectivity index (χ3n) is 4.35. The summed E-state index contributed by atoms with van der Waals surface area (Å²) in [6, 6.07) is 8.36. The smallest absolute Gasteiger partial charge is 0.228 e. The molecule has 116 valence electrons. The first-order valence-electron chi connectivity index (χ1n) is 7.76. The maximum Gasteiger partial charge on any atom is 0.228 e. The molecule has 22 heavy (non-hydrogen) atoms. The molecular weight excluding hydrogens is 340 g/mol. The minimum Gasteiger partial charge on any atom is -0.309 e. The molecule has 1 saturated carbocycles. The van der Waals surface area contributed by atoms with Crippen molar-refractivity contribution in [3.63, 3.8) is 0 Å². The van der Waals surface area contributed by atoms with Crippen LogP contribution in [-0.2, 0) is 10.2 Å². The van der Waals surface area contributed by atoms with Crippen molar-refractivity contribution in [3.05, 3.63) is 34.3 Å². The first-order valence-corrected chi connectivity index (χ1v) is 8.55. The van der Waals surface area contributed by atoms with Gasteiger partial charge in [0.25, 0.3) is 0 Å². The van der Waals surface area contributed by atoms with Crippen LogP contribution in [0.25, 0.3) is 10.9 Å². The lowest BCUT2D eigenvalue weighted by Crippen LogP contribution is -2.28. The van der Waals surface area contributed by atoms with Crippen LogP contribution in [0.3, 0.4) is 0 Å². The van der Waals surface area contributed by atoms with E-state index in [2.05, 4.69) is 65.2 Å². The summed E-state index contributed by atoms with van der Waals surface area (Å²) >= 11 is 3.52. The molecule has 1 fully saturated rings. The molecule has 0 bridgehead atoms. The Morgan fingerprint density at radius 1 is 1.27 bits per heavy atom. The minimum absolute atomic E-state index is 0.0816. The van der Waals surface area contributed by atoms with Gasteiger partial charge < -0.3 is 5.32 Å². The SMILES string of the molecule is CC(C)(C)c1ccc2cc(Br)c(NC(=O)C3CCC3)nc2c1. The third kappa shape index (κ3) is 3.02. The molecule has 0 atom stereocenters. The largest absolute Gasteiger partial charge is 0.309 e. The molecule has 3 rings (SSSR count). The van der Waals surface area contributed by atoms with Crippen LogP contribution in [0.5, 0.6) is 0 Å². The zero-order chi connectivity index (χ0) is 15.9. The summed E-state index contributed by atoms with van der Waals surface area (Å²) in [4.78, 5) is 16.8. The van der Waals surface area contributed by atoms with Gasteiger partial charge in [0.2, 0.25) is 5.91 Å². The maximum absolute atomic E-state index is 12.1. The first kappa shape index (κ1) is 15.5. The molecule has 4 heteroatoms. The lowest BCUT2D eigenvalue weighted by molar-refractivity contribution is -0.122. The average Bonchev–Trinajstić information content (AvgIpc) is 2.35. The van der Waals surface area contributed by atoms with Gasteiger partial charge in [-0.25, -0.2) is 4.98 Å². The van der Waals surface area contributed by atoms with Crippen molar-refractivity contribution in [2.45, 2.75) is 45.4 Å². The highest BCUT2D eigenvalue weighted by Crippen LogP contribution is 2.31. The molecule has 1 aromatic carbocycles. The van der Waals surface area contributed by atoms with Crippen LogP contribution in [0.1, 0.15) is 45.6 Å². The number of hydrogen-bond acceptors (Lipinski definition) is 2. The Labute approximate surface area is 139 Å². The van der Waals surface area contributed by atoms with Gasteiger partial charge in [-0.3, -0.25) is 4.79 Å². The van der Waals surface area contributed by atoms with Gasteiger partial charge in [0.15, 0.2) is 0 Å². The molecule has 2 aromatic rings. The van der Waals surface area contributed by atoms with E-state index in [9.17, 15) is 4.79 Å². The van der Waals surface area contributed by atoms with Crippen LogP contribution >= 0.6 is 15.9 Å². The van der Waals surface area contributed by atoms with Crippen LogP contribution in [0.2, 0.25) is 0 Å². The number of fused-ring (bicyclic) bond motifs is 1. The Balaban J connectivity index is 1.96. The quantitative estimate of drug-likeness (QED) is 0.815. The number of halogens is 1. The monoisotopic (exact) mass is 360 g/mol. The van der Waals surface area contributed by atoms with Crippen molar-refractivity contribution < 1.29 is 4.79 Å². The molecule has 1 amide bonds. The van der Waals surface area contributed by atoms with E-state index in [1.165, 1.54) is 5.56 Å². The van der Waals surface area contributed by atoms with Crippen molar-refractivity contribution in [1.29, 1.82) is 0 Å². The maximum atomic E-state index is 12.1. The van der Waals surface area contributed by atoms with Gasteiger partial charge in [0.05, 0.1) is 9.99 Å². The molecule has 0 aliphatic heterocycles. The van der Waals surface area contributed by atoms with Gasteiger partial charge in [-0.2, -0.15) is 0 Å². The number of benzene rings is 1. The highest BCUT2D eigenvalue weighted by molar-refractivity contribution is 9.10. The molecule has 1 aliphatic carbocycles. The number of pyridine rings is 1. The zero-order valence-corrected chi connectivity index (χ0v) is 14.8. The topological polar surface area (TPSA) is 42.0 Å². The number of amides is 1. The zero-order valence-electron chi connectivity index (χ0n) is 13.2.